The minimum absolute atomic E-state index is 0.230. The molecule has 7 nitrogen and oxygen atoms in total. The molecule has 0 spiro atoms. The van der Waals surface area contributed by atoms with Crippen molar-refractivity contribution in [2.24, 2.45) is 0 Å². The summed E-state index contributed by atoms with van der Waals surface area (Å²) in [6.45, 7) is 0. The number of hydrogen-bond acceptors (Lipinski definition) is 5. The molecule has 1 aromatic carbocycles. The van der Waals surface area contributed by atoms with Crippen molar-refractivity contribution >= 4 is 46.3 Å². The van der Waals surface area contributed by atoms with Gasteiger partial charge in [0, 0.05) is 16.3 Å². The zero-order chi connectivity index (χ0) is 18.3. The second kappa shape index (κ2) is 6.36. The van der Waals surface area contributed by atoms with E-state index in [1.54, 1.807) is 42.5 Å². The van der Waals surface area contributed by atoms with Gasteiger partial charge in [0.2, 0.25) is 5.82 Å². The van der Waals surface area contributed by atoms with Crippen LogP contribution in [0.3, 0.4) is 0 Å². The number of furan rings is 1. The van der Waals surface area contributed by atoms with Gasteiger partial charge in [-0.25, -0.2) is 4.98 Å². The quantitative estimate of drug-likeness (QED) is 0.550. The van der Waals surface area contributed by atoms with Crippen molar-refractivity contribution in [3.63, 3.8) is 0 Å². The average Bonchev–Trinajstić information content (AvgIpc) is 3.21. The average molecular weight is 388 g/mol. The molecule has 4 rings (SSSR count). The van der Waals surface area contributed by atoms with E-state index in [1.165, 1.54) is 10.6 Å². The molecule has 9 heteroatoms. The van der Waals surface area contributed by atoms with Gasteiger partial charge in [-0.15, -0.1) is 5.10 Å². The Morgan fingerprint density at radius 3 is 2.73 bits per heavy atom. The molecule has 0 atom stereocenters. The number of nitrogen functional groups attached to an aromatic ring is 1. The summed E-state index contributed by atoms with van der Waals surface area (Å²) in [5, 5.41) is 7.79. The topological polar surface area (TPSA) is 98.5 Å². The highest BCUT2D eigenvalue weighted by atomic mass is 35.5. The maximum absolute atomic E-state index is 12.5. The van der Waals surface area contributed by atoms with Crippen LogP contribution in [0, 0.1) is 0 Å². The summed E-state index contributed by atoms with van der Waals surface area (Å²) in [5.41, 5.74) is 7.33. The fourth-order valence-corrected chi connectivity index (χ4v) is 2.78. The van der Waals surface area contributed by atoms with Gasteiger partial charge >= 0.3 is 0 Å². The summed E-state index contributed by atoms with van der Waals surface area (Å²) < 4.78 is 6.72. The van der Waals surface area contributed by atoms with Gasteiger partial charge in [0.25, 0.3) is 5.91 Å². The number of pyridine rings is 1. The number of nitrogens with zero attached hydrogens (tertiary/aromatic N) is 3. The molecule has 3 N–H and O–H groups in total. The van der Waals surface area contributed by atoms with Crippen molar-refractivity contribution in [1.82, 2.24) is 14.6 Å². The lowest BCUT2D eigenvalue weighted by molar-refractivity contribution is 0.102. The number of aromatic nitrogens is 3. The number of hydrogen-bond donors (Lipinski definition) is 2. The van der Waals surface area contributed by atoms with E-state index >= 15 is 0 Å². The molecule has 0 bridgehead atoms. The molecule has 0 aliphatic rings. The van der Waals surface area contributed by atoms with Gasteiger partial charge in [-0.3, -0.25) is 4.79 Å². The van der Waals surface area contributed by atoms with Gasteiger partial charge < -0.3 is 15.5 Å². The standard InChI is InChI=1S/C17H11Cl2N5O2/c18-10-2-1-3-11(8-10)21-17(25)9-6-14(20)24-15(7-9)22-16(23-24)12-4-5-13(19)26-12/h1-8H,20H2,(H,21,25). The first-order valence-corrected chi connectivity index (χ1v) is 8.24. The molecular weight excluding hydrogens is 377 g/mol. The number of nitrogens with one attached hydrogen (secondary N) is 1. The van der Waals surface area contributed by atoms with Crippen LogP contribution < -0.4 is 11.1 Å². The third kappa shape index (κ3) is 3.10. The van der Waals surface area contributed by atoms with E-state index in [2.05, 4.69) is 15.4 Å². The van der Waals surface area contributed by atoms with Crippen LogP contribution in [-0.2, 0) is 0 Å². The zero-order valence-corrected chi connectivity index (χ0v) is 14.6. The highest BCUT2D eigenvalue weighted by Crippen LogP contribution is 2.24. The van der Waals surface area contributed by atoms with Crippen LogP contribution >= 0.6 is 23.2 Å². The second-order valence-corrected chi connectivity index (χ2v) is 6.25. The summed E-state index contributed by atoms with van der Waals surface area (Å²) in [7, 11) is 0. The van der Waals surface area contributed by atoms with Gasteiger partial charge in [-0.2, -0.15) is 4.52 Å². The number of halogens is 2. The zero-order valence-electron chi connectivity index (χ0n) is 13.1. The lowest BCUT2D eigenvalue weighted by Crippen LogP contribution is -2.13. The first kappa shape index (κ1) is 16.4. The van der Waals surface area contributed by atoms with Crippen molar-refractivity contribution < 1.29 is 9.21 Å². The molecular formula is C17H11Cl2N5O2. The molecule has 3 heterocycles. The van der Waals surface area contributed by atoms with Gasteiger partial charge in [0.1, 0.15) is 5.82 Å². The van der Waals surface area contributed by atoms with E-state index in [0.29, 0.717) is 33.5 Å². The van der Waals surface area contributed by atoms with Crippen LogP contribution in [0.15, 0.2) is 52.9 Å². The Morgan fingerprint density at radius 1 is 1.15 bits per heavy atom. The summed E-state index contributed by atoms with van der Waals surface area (Å²) >= 11 is 11.7. The number of benzene rings is 1. The van der Waals surface area contributed by atoms with E-state index in [4.69, 9.17) is 33.4 Å². The molecule has 0 radical (unpaired) electrons. The number of carbonyl (C=O) groups excluding carboxylic acids is 1. The summed E-state index contributed by atoms with van der Waals surface area (Å²) in [6.07, 6.45) is 0. The summed E-state index contributed by atoms with van der Waals surface area (Å²) in [5.74, 6) is 0.640. The van der Waals surface area contributed by atoms with Crippen LogP contribution in [0.4, 0.5) is 11.5 Å². The Labute approximate surface area is 157 Å². The molecule has 0 saturated carbocycles. The highest BCUT2D eigenvalue weighted by molar-refractivity contribution is 6.31. The molecule has 4 aromatic rings. The summed E-state index contributed by atoms with van der Waals surface area (Å²) in [4.78, 5) is 16.8. The number of anilines is 2. The van der Waals surface area contributed by atoms with Crippen LogP contribution in [0.1, 0.15) is 10.4 Å². The predicted octanol–water partition coefficient (Wildman–Crippen LogP) is 4.13. The number of fused-ring (bicyclic) bond motifs is 1. The van der Waals surface area contributed by atoms with Crippen LogP contribution in [0.25, 0.3) is 17.2 Å². The first-order chi connectivity index (χ1) is 12.5. The highest BCUT2D eigenvalue weighted by Gasteiger charge is 2.15. The minimum Gasteiger partial charge on any atom is -0.441 e. The lowest BCUT2D eigenvalue weighted by Gasteiger charge is -2.07. The van der Waals surface area contributed by atoms with E-state index in [0.717, 1.165) is 0 Å². The molecule has 0 unspecified atom stereocenters. The Balaban J connectivity index is 1.69. The Hall–Kier alpha value is -3.03. The fraction of sp³-hybridized carbons (Fsp3) is 0. The van der Waals surface area contributed by atoms with Gasteiger partial charge in [-0.05, 0) is 54.1 Å². The number of carbonyl (C=O) groups is 1. The Morgan fingerprint density at radius 2 is 2.00 bits per heavy atom. The van der Waals surface area contributed by atoms with Crippen molar-refractivity contribution in [3.05, 3.63) is 64.3 Å². The SMILES string of the molecule is Nc1cc(C(=O)Nc2cccc(Cl)c2)cc2nc(-c3ccc(Cl)o3)nn12. The third-order valence-electron chi connectivity index (χ3n) is 3.60. The molecule has 1 amide bonds. The lowest BCUT2D eigenvalue weighted by atomic mass is 10.2. The largest absolute Gasteiger partial charge is 0.441 e. The van der Waals surface area contributed by atoms with E-state index in [-0.39, 0.29) is 16.9 Å². The van der Waals surface area contributed by atoms with Gasteiger partial charge in [-0.1, -0.05) is 17.7 Å². The fourth-order valence-electron chi connectivity index (χ4n) is 2.45. The minimum atomic E-state index is -0.341. The van der Waals surface area contributed by atoms with Crippen molar-refractivity contribution in [2.45, 2.75) is 0 Å². The monoisotopic (exact) mass is 387 g/mol. The van der Waals surface area contributed by atoms with Gasteiger partial charge in [0.05, 0.1) is 0 Å². The van der Waals surface area contributed by atoms with Crippen molar-refractivity contribution in [1.29, 1.82) is 0 Å². The smallest absolute Gasteiger partial charge is 0.255 e. The molecule has 26 heavy (non-hydrogen) atoms. The second-order valence-electron chi connectivity index (χ2n) is 5.44. The van der Waals surface area contributed by atoms with Gasteiger partial charge in [0.15, 0.2) is 16.6 Å². The Bertz CT molecular complexity index is 1140. The molecule has 0 fully saturated rings. The molecule has 0 aliphatic carbocycles. The van der Waals surface area contributed by atoms with Crippen LogP contribution in [0.5, 0.6) is 0 Å². The normalized spacial score (nSPS) is 11.0. The van der Waals surface area contributed by atoms with Crippen LogP contribution in [-0.4, -0.2) is 20.5 Å². The molecule has 0 aliphatic heterocycles. The van der Waals surface area contributed by atoms with Crippen molar-refractivity contribution in [2.75, 3.05) is 11.1 Å². The molecule has 0 saturated heterocycles. The third-order valence-corrected chi connectivity index (χ3v) is 4.04. The maximum Gasteiger partial charge on any atom is 0.255 e. The number of nitrogens with two attached hydrogens (primary N) is 1. The number of amides is 1. The molecule has 130 valence electrons. The van der Waals surface area contributed by atoms with E-state index < -0.39 is 0 Å². The van der Waals surface area contributed by atoms with E-state index in [9.17, 15) is 4.79 Å². The van der Waals surface area contributed by atoms with Crippen LogP contribution in [0.2, 0.25) is 10.2 Å². The summed E-state index contributed by atoms with van der Waals surface area (Å²) in [6, 6.07) is 13.2. The Kier molecular flexibility index (Phi) is 4.02. The van der Waals surface area contributed by atoms with E-state index in [1.807, 2.05) is 0 Å². The predicted molar refractivity (Wildman–Crippen MR) is 99.5 cm³/mol. The maximum atomic E-state index is 12.5. The van der Waals surface area contributed by atoms with Crippen molar-refractivity contribution in [3.8, 4) is 11.6 Å². The first-order valence-electron chi connectivity index (χ1n) is 7.48. The molecule has 3 aromatic heterocycles. The number of rotatable bonds is 3.